The molecule has 1 saturated carbocycles. The van der Waals surface area contributed by atoms with E-state index < -0.39 is 11.8 Å². The molecule has 4 heteroatoms. The summed E-state index contributed by atoms with van der Waals surface area (Å²) in [6.07, 6.45) is 17.5. The highest BCUT2D eigenvalue weighted by Gasteiger charge is 2.18. The van der Waals surface area contributed by atoms with Gasteiger partial charge in [0.05, 0.1) is 11.1 Å². The highest BCUT2D eigenvalue weighted by atomic mass is 19.1. The minimum atomic E-state index is -0.703. The maximum atomic E-state index is 13.7. The Kier molecular flexibility index (Phi) is 9.69. The molecule has 1 aliphatic carbocycles. The number of ether oxygens (including phenoxy) is 1. The largest absolute Gasteiger partial charge is 0.423 e. The molecule has 0 bridgehead atoms. The highest BCUT2D eigenvalue weighted by Crippen LogP contribution is 2.32. The maximum absolute atomic E-state index is 13.7. The van der Waals surface area contributed by atoms with Crippen LogP contribution in [0, 0.1) is 29.0 Å². The van der Waals surface area contributed by atoms with Crippen molar-refractivity contribution in [3.8, 4) is 11.8 Å². The first-order chi connectivity index (χ1) is 16.1. The van der Waals surface area contributed by atoms with Crippen LogP contribution >= 0.6 is 0 Å². The third kappa shape index (κ3) is 7.86. The van der Waals surface area contributed by atoms with Gasteiger partial charge in [-0.15, -0.1) is 0 Å². The quantitative estimate of drug-likeness (QED) is 0.162. The van der Waals surface area contributed by atoms with E-state index in [-0.39, 0.29) is 11.3 Å². The highest BCUT2D eigenvalue weighted by molar-refractivity contribution is 5.91. The molecule has 0 N–H and O–H groups in total. The van der Waals surface area contributed by atoms with Gasteiger partial charge in [0.2, 0.25) is 0 Å². The number of hydrogen-bond donors (Lipinski definition) is 0. The summed E-state index contributed by atoms with van der Waals surface area (Å²) >= 11 is 0. The zero-order chi connectivity index (χ0) is 23.5. The van der Waals surface area contributed by atoms with Crippen molar-refractivity contribution in [1.29, 1.82) is 5.26 Å². The van der Waals surface area contributed by atoms with Crippen LogP contribution in [0.15, 0.2) is 54.6 Å². The summed E-state index contributed by atoms with van der Waals surface area (Å²) in [4.78, 5) is 12.3. The summed E-state index contributed by atoms with van der Waals surface area (Å²) in [6, 6.07) is 12.9. The zero-order valence-electron chi connectivity index (χ0n) is 19.6. The lowest BCUT2D eigenvalue weighted by molar-refractivity contribution is 0.0734. The van der Waals surface area contributed by atoms with Crippen LogP contribution in [0.1, 0.15) is 86.2 Å². The van der Waals surface area contributed by atoms with E-state index in [1.807, 2.05) is 12.1 Å². The van der Waals surface area contributed by atoms with Crippen LogP contribution in [-0.2, 0) is 6.42 Å². The van der Waals surface area contributed by atoms with Gasteiger partial charge in [0.1, 0.15) is 17.6 Å². The van der Waals surface area contributed by atoms with Crippen LogP contribution in [0.3, 0.4) is 0 Å². The van der Waals surface area contributed by atoms with E-state index in [0.29, 0.717) is 5.56 Å². The molecule has 0 heterocycles. The van der Waals surface area contributed by atoms with Gasteiger partial charge in [-0.05, 0) is 80.2 Å². The van der Waals surface area contributed by atoms with Gasteiger partial charge in [-0.25, -0.2) is 9.18 Å². The van der Waals surface area contributed by atoms with Crippen molar-refractivity contribution >= 4 is 5.97 Å². The molecule has 0 atom stereocenters. The van der Waals surface area contributed by atoms with Gasteiger partial charge >= 0.3 is 5.97 Å². The molecule has 1 aliphatic rings. The van der Waals surface area contributed by atoms with E-state index in [2.05, 4.69) is 19.1 Å². The lowest BCUT2D eigenvalue weighted by atomic mass is 9.79. The number of nitriles is 1. The average molecular weight is 448 g/mol. The molecule has 3 rings (SSSR count). The van der Waals surface area contributed by atoms with Crippen LogP contribution < -0.4 is 4.74 Å². The molecule has 2 aromatic rings. The minimum absolute atomic E-state index is 0.0803. The fraction of sp³-hybridized carbons (Fsp3) is 0.448. The molecule has 3 nitrogen and oxygen atoms in total. The molecule has 1 fully saturated rings. The Hall–Kier alpha value is -2.93. The van der Waals surface area contributed by atoms with Crippen LogP contribution in [0.25, 0.3) is 0 Å². The Morgan fingerprint density at radius 3 is 2.55 bits per heavy atom. The van der Waals surface area contributed by atoms with Crippen molar-refractivity contribution < 1.29 is 13.9 Å². The molecule has 0 spiro atoms. The standard InChI is InChI=1S/C29H34FNO2/c1-2-3-4-7-22-10-12-23(13-11-22)8-5-6-9-24-14-16-25(17-15-24)29(32)33-27-19-18-26(21-31)28(30)20-27/h5,8,14-20,22-23H,2-4,6-7,9-13H2,1H3/b8-5+/t22-,23-. The van der Waals surface area contributed by atoms with E-state index in [0.717, 1.165) is 30.7 Å². The molecule has 0 aromatic heterocycles. The fourth-order valence-corrected chi connectivity index (χ4v) is 4.51. The number of nitrogens with zero attached hydrogens (tertiary/aromatic N) is 1. The number of hydrogen-bond acceptors (Lipinski definition) is 3. The molecule has 0 amide bonds. The maximum Gasteiger partial charge on any atom is 0.343 e. The second kappa shape index (κ2) is 12.9. The van der Waals surface area contributed by atoms with Crippen LogP contribution in [0.5, 0.6) is 5.75 Å². The molecule has 0 aliphatic heterocycles. The van der Waals surface area contributed by atoms with Crippen LogP contribution in [0.4, 0.5) is 4.39 Å². The number of benzene rings is 2. The second-order valence-electron chi connectivity index (χ2n) is 9.08. The molecular formula is C29H34FNO2. The summed E-state index contributed by atoms with van der Waals surface area (Å²) in [6.45, 7) is 2.27. The number of allylic oxidation sites excluding steroid dienone is 2. The number of esters is 1. The van der Waals surface area contributed by atoms with E-state index >= 15 is 0 Å². The summed E-state index contributed by atoms with van der Waals surface area (Å²) in [7, 11) is 0. The zero-order valence-corrected chi connectivity index (χ0v) is 19.6. The molecule has 0 saturated heterocycles. The summed E-state index contributed by atoms with van der Waals surface area (Å²) < 4.78 is 18.9. The smallest absolute Gasteiger partial charge is 0.343 e. The predicted octanol–water partition coefficient (Wildman–Crippen LogP) is 7.79. The Morgan fingerprint density at radius 2 is 1.88 bits per heavy atom. The Balaban J connectivity index is 1.39. The predicted molar refractivity (Wildman–Crippen MR) is 130 cm³/mol. The van der Waals surface area contributed by atoms with Gasteiger partial charge in [0.15, 0.2) is 0 Å². The first kappa shape index (κ1) is 24.7. The number of unbranched alkanes of at least 4 members (excludes halogenated alkanes) is 2. The lowest BCUT2D eigenvalue weighted by Gasteiger charge is -2.26. The third-order valence-corrected chi connectivity index (χ3v) is 6.58. The monoisotopic (exact) mass is 447 g/mol. The van der Waals surface area contributed by atoms with Crippen molar-refractivity contribution in [2.45, 2.75) is 71.1 Å². The molecule has 33 heavy (non-hydrogen) atoms. The minimum Gasteiger partial charge on any atom is -0.423 e. The Bertz CT molecular complexity index is 966. The van der Waals surface area contributed by atoms with Crippen molar-refractivity contribution in [2.24, 2.45) is 11.8 Å². The van der Waals surface area contributed by atoms with Crippen LogP contribution in [-0.4, -0.2) is 5.97 Å². The normalized spacial score (nSPS) is 18.2. The fourth-order valence-electron chi connectivity index (χ4n) is 4.51. The van der Waals surface area contributed by atoms with Crippen molar-refractivity contribution in [3.05, 3.63) is 77.1 Å². The Labute approximate surface area is 197 Å². The first-order valence-electron chi connectivity index (χ1n) is 12.3. The van der Waals surface area contributed by atoms with E-state index in [1.54, 1.807) is 18.2 Å². The second-order valence-corrected chi connectivity index (χ2v) is 9.08. The van der Waals surface area contributed by atoms with Gasteiger partial charge < -0.3 is 4.74 Å². The number of rotatable bonds is 10. The van der Waals surface area contributed by atoms with Crippen LogP contribution in [0.2, 0.25) is 0 Å². The number of carbonyl (C=O) groups is 1. The van der Waals surface area contributed by atoms with E-state index in [1.165, 1.54) is 69.1 Å². The topological polar surface area (TPSA) is 50.1 Å². The summed E-state index contributed by atoms with van der Waals surface area (Å²) in [5, 5.41) is 8.78. The van der Waals surface area contributed by atoms with Gasteiger partial charge in [-0.1, -0.05) is 56.9 Å². The average Bonchev–Trinajstić information content (AvgIpc) is 2.83. The van der Waals surface area contributed by atoms with Gasteiger partial charge in [0, 0.05) is 6.07 Å². The van der Waals surface area contributed by atoms with E-state index in [4.69, 9.17) is 10.00 Å². The molecule has 0 radical (unpaired) electrons. The SMILES string of the molecule is CCCCC[C@H]1CC[C@H](/C=C/CCc2ccc(C(=O)Oc3ccc(C#N)c(F)c3)cc2)CC1. The Morgan fingerprint density at radius 1 is 1.12 bits per heavy atom. The van der Waals surface area contributed by atoms with E-state index in [9.17, 15) is 9.18 Å². The van der Waals surface area contributed by atoms with Gasteiger partial charge in [0.25, 0.3) is 0 Å². The molecule has 2 aromatic carbocycles. The molecular weight excluding hydrogens is 413 g/mol. The number of carbonyl (C=O) groups excluding carboxylic acids is 1. The van der Waals surface area contributed by atoms with Gasteiger partial charge in [-0.2, -0.15) is 5.26 Å². The van der Waals surface area contributed by atoms with Gasteiger partial charge in [-0.3, -0.25) is 0 Å². The number of halogens is 1. The number of aryl methyl sites for hydroxylation is 1. The third-order valence-electron chi connectivity index (χ3n) is 6.58. The first-order valence-corrected chi connectivity index (χ1v) is 12.3. The molecule has 174 valence electrons. The van der Waals surface area contributed by atoms with Crippen molar-refractivity contribution in [1.82, 2.24) is 0 Å². The van der Waals surface area contributed by atoms with Crippen molar-refractivity contribution in [3.63, 3.8) is 0 Å². The molecule has 0 unspecified atom stereocenters. The lowest BCUT2D eigenvalue weighted by Crippen LogP contribution is -2.13. The van der Waals surface area contributed by atoms with Crippen molar-refractivity contribution in [2.75, 3.05) is 0 Å². The summed E-state index contributed by atoms with van der Waals surface area (Å²) in [5.74, 6) is 0.516. The summed E-state index contributed by atoms with van der Waals surface area (Å²) in [5.41, 5.74) is 1.50.